The second-order valence-electron chi connectivity index (χ2n) is 6.37. The quantitative estimate of drug-likeness (QED) is 0.356. The zero-order chi connectivity index (χ0) is 20.4. The van der Waals surface area contributed by atoms with E-state index >= 15 is 0 Å². The van der Waals surface area contributed by atoms with Gasteiger partial charge in [-0.25, -0.2) is 4.98 Å². The van der Waals surface area contributed by atoms with Gasteiger partial charge in [0.2, 0.25) is 0 Å². The van der Waals surface area contributed by atoms with Gasteiger partial charge in [0, 0.05) is 15.6 Å². The molecule has 0 radical (unpaired) electrons. The van der Waals surface area contributed by atoms with Gasteiger partial charge in [0.15, 0.2) is 5.13 Å². The Bertz CT molecular complexity index is 1160. The molecule has 1 amide bonds. The van der Waals surface area contributed by atoms with Crippen LogP contribution in [0.25, 0.3) is 10.2 Å². The fourth-order valence-corrected chi connectivity index (χ4v) is 4.48. The Kier molecular flexibility index (Phi) is 5.72. The van der Waals surface area contributed by atoms with Gasteiger partial charge in [-0.2, -0.15) is 0 Å². The third kappa shape index (κ3) is 4.37. The summed E-state index contributed by atoms with van der Waals surface area (Å²) in [5, 5.41) is 1.42. The first-order chi connectivity index (χ1) is 14.0. The Morgan fingerprint density at radius 1 is 1.03 bits per heavy atom. The zero-order valence-electron chi connectivity index (χ0n) is 15.4. The van der Waals surface area contributed by atoms with E-state index in [1.54, 1.807) is 30.2 Å². The Morgan fingerprint density at radius 2 is 1.76 bits per heavy atom. The van der Waals surface area contributed by atoms with Crippen molar-refractivity contribution in [3.63, 3.8) is 0 Å². The van der Waals surface area contributed by atoms with Crippen LogP contribution in [0.1, 0.15) is 15.9 Å². The third-order valence-corrected chi connectivity index (χ3v) is 5.83. The van der Waals surface area contributed by atoms with Crippen molar-refractivity contribution in [2.45, 2.75) is 6.54 Å². The van der Waals surface area contributed by atoms with E-state index in [-0.39, 0.29) is 5.91 Å². The molecule has 0 unspecified atom stereocenters. The average molecular weight is 443 g/mol. The van der Waals surface area contributed by atoms with Crippen molar-refractivity contribution in [2.75, 3.05) is 12.0 Å². The molecule has 0 atom stereocenters. The summed E-state index contributed by atoms with van der Waals surface area (Å²) >= 11 is 13.7. The second kappa shape index (κ2) is 8.41. The van der Waals surface area contributed by atoms with Gasteiger partial charge in [0.25, 0.3) is 5.91 Å². The second-order valence-corrected chi connectivity index (χ2v) is 8.25. The Labute approximate surface area is 182 Å². The van der Waals surface area contributed by atoms with Crippen LogP contribution in [0.4, 0.5) is 5.13 Å². The van der Waals surface area contributed by atoms with Crippen LogP contribution in [0, 0.1) is 0 Å². The Balaban J connectivity index is 1.78. The molecule has 1 heterocycles. The van der Waals surface area contributed by atoms with Crippen molar-refractivity contribution in [3.05, 3.63) is 87.9 Å². The fraction of sp³-hybridized carbons (Fsp3) is 0.0909. The number of hydrogen-bond acceptors (Lipinski definition) is 4. The van der Waals surface area contributed by atoms with E-state index in [1.807, 2.05) is 48.5 Å². The maximum absolute atomic E-state index is 13.4. The van der Waals surface area contributed by atoms with Crippen molar-refractivity contribution in [2.24, 2.45) is 0 Å². The molecule has 4 aromatic rings. The lowest BCUT2D eigenvalue weighted by Gasteiger charge is -2.20. The Morgan fingerprint density at radius 3 is 2.45 bits per heavy atom. The van der Waals surface area contributed by atoms with Crippen molar-refractivity contribution in [3.8, 4) is 5.75 Å². The number of carbonyl (C=O) groups is 1. The highest BCUT2D eigenvalue weighted by molar-refractivity contribution is 7.22. The monoisotopic (exact) mass is 442 g/mol. The van der Waals surface area contributed by atoms with E-state index in [2.05, 4.69) is 4.98 Å². The molecule has 3 aromatic carbocycles. The van der Waals surface area contributed by atoms with E-state index in [0.717, 1.165) is 21.5 Å². The normalized spacial score (nSPS) is 10.9. The molecule has 0 saturated carbocycles. The van der Waals surface area contributed by atoms with Gasteiger partial charge >= 0.3 is 0 Å². The lowest BCUT2D eigenvalue weighted by molar-refractivity contribution is 0.0985. The molecule has 0 aliphatic rings. The molecule has 29 heavy (non-hydrogen) atoms. The number of ether oxygens (including phenoxy) is 1. The van der Waals surface area contributed by atoms with Gasteiger partial charge in [-0.1, -0.05) is 64.9 Å². The topological polar surface area (TPSA) is 42.4 Å². The molecule has 0 aliphatic heterocycles. The number of benzene rings is 3. The number of methoxy groups -OCH3 is 1. The van der Waals surface area contributed by atoms with Gasteiger partial charge in [0.05, 0.1) is 23.9 Å². The molecule has 1 aromatic heterocycles. The fourth-order valence-electron chi connectivity index (χ4n) is 2.96. The average Bonchev–Trinajstić information content (AvgIpc) is 3.14. The molecule has 0 aliphatic carbocycles. The maximum atomic E-state index is 13.4. The molecule has 4 nitrogen and oxygen atoms in total. The Hall–Kier alpha value is -2.60. The number of carbonyl (C=O) groups excluding carboxylic acids is 1. The lowest BCUT2D eigenvalue weighted by atomic mass is 10.1. The van der Waals surface area contributed by atoms with Crippen molar-refractivity contribution in [1.29, 1.82) is 0 Å². The zero-order valence-corrected chi connectivity index (χ0v) is 17.8. The summed E-state index contributed by atoms with van der Waals surface area (Å²) in [7, 11) is 1.62. The van der Waals surface area contributed by atoms with E-state index in [4.69, 9.17) is 27.9 Å². The van der Waals surface area contributed by atoms with Crippen LogP contribution in [0.3, 0.4) is 0 Å². The van der Waals surface area contributed by atoms with E-state index < -0.39 is 0 Å². The maximum Gasteiger partial charge on any atom is 0.260 e. The van der Waals surface area contributed by atoms with Gasteiger partial charge in [0.1, 0.15) is 5.75 Å². The number of halogens is 2. The van der Waals surface area contributed by atoms with Crippen LogP contribution < -0.4 is 9.64 Å². The number of rotatable bonds is 5. The highest BCUT2D eigenvalue weighted by atomic mass is 35.5. The summed E-state index contributed by atoms with van der Waals surface area (Å²) in [6, 6.07) is 20.3. The van der Waals surface area contributed by atoms with Gasteiger partial charge < -0.3 is 4.74 Å². The summed E-state index contributed by atoms with van der Waals surface area (Å²) in [6.07, 6.45) is 0. The first-order valence-electron chi connectivity index (χ1n) is 8.80. The van der Waals surface area contributed by atoms with Crippen LogP contribution in [0.2, 0.25) is 10.0 Å². The number of amides is 1. The molecule has 7 heteroatoms. The molecular formula is C22H16Cl2N2O2S. The van der Waals surface area contributed by atoms with Crippen molar-refractivity contribution >= 4 is 55.8 Å². The number of thiazole rings is 1. The first kappa shape index (κ1) is 19.7. The van der Waals surface area contributed by atoms with Crippen LogP contribution in [-0.2, 0) is 6.54 Å². The molecule has 0 saturated heterocycles. The number of nitrogens with zero attached hydrogens (tertiary/aromatic N) is 2. The van der Waals surface area contributed by atoms with Gasteiger partial charge in [-0.3, -0.25) is 9.69 Å². The third-order valence-electron chi connectivity index (χ3n) is 4.35. The molecule has 0 spiro atoms. The highest BCUT2D eigenvalue weighted by Gasteiger charge is 2.22. The van der Waals surface area contributed by atoms with E-state index in [1.165, 1.54) is 11.3 Å². The van der Waals surface area contributed by atoms with Crippen LogP contribution in [-0.4, -0.2) is 18.0 Å². The molecule has 4 rings (SSSR count). The minimum absolute atomic E-state index is 0.218. The molecule has 146 valence electrons. The molecule has 0 N–H and O–H groups in total. The summed E-state index contributed by atoms with van der Waals surface area (Å²) in [4.78, 5) is 19.7. The summed E-state index contributed by atoms with van der Waals surface area (Å²) in [5.41, 5.74) is 2.21. The smallest absolute Gasteiger partial charge is 0.260 e. The number of aromatic nitrogens is 1. The van der Waals surface area contributed by atoms with Gasteiger partial charge in [-0.15, -0.1) is 0 Å². The highest BCUT2D eigenvalue weighted by Crippen LogP contribution is 2.33. The number of hydrogen-bond donors (Lipinski definition) is 0. The minimum Gasteiger partial charge on any atom is -0.497 e. The summed E-state index contributed by atoms with van der Waals surface area (Å²) in [5.74, 6) is 0.527. The molecule has 0 fully saturated rings. The summed E-state index contributed by atoms with van der Waals surface area (Å²) < 4.78 is 6.24. The first-order valence-corrected chi connectivity index (χ1v) is 10.4. The SMILES string of the molecule is COc1ccc2nc(N(Cc3ccccc3)C(=O)c3cc(Cl)cc(Cl)c3)sc2c1. The van der Waals surface area contributed by atoms with E-state index in [9.17, 15) is 4.79 Å². The predicted molar refractivity (Wildman–Crippen MR) is 120 cm³/mol. The van der Waals surface area contributed by atoms with Gasteiger partial charge in [-0.05, 0) is 42.0 Å². The number of fused-ring (bicyclic) bond motifs is 1. The number of anilines is 1. The molecule has 0 bridgehead atoms. The predicted octanol–water partition coefficient (Wildman–Crippen LogP) is 6.46. The molecular weight excluding hydrogens is 427 g/mol. The van der Waals surface area contributed by atoms with Crippen LogP contribution in [0.5, 0.6) is 5.75 Å². The minimum atomic E-state index is -0.218. The van der Waals surface area contributed by atoms with Crippen molar-refractivity contribution < 1.29 is 9.53 Å². The largest absolute Gasteiger partial charge is 0.497 e. The summed E-state index contributed by atoms with van der Waals surface area (Å²) in [6.45, 7) is 0.376. The van der Waals surface area contributed by atoms with Crippen molar-refractivity contribution in [1.82, 2.24) is 4.98 Å². The van der Waals surface area contributed by atoms with Crippen LogP contribution >= 0.6 is 34.5 Å². The van der Waals surface area contributed by atoms with E-state index in [0.29, 0.717) is 27.3 Å². The standard InChI is InChI=1S/C22H16Cl2N2O2S/c1-28-18-7-8-19-20(12-18)29-22(25-19)26(13-14-5-3-2-4-6-14)21(27)15-9-16(23)11-17(24)10-15/h2-12H,13H2,1H3. The lowest BCUT2D eigenvalue weighted by Crippen LogP contribution is -2.30. The van der Waals surface area contributed by atoms with Crippen LogP contribution in [0.15, 0.2) is 66.7 Å².